The third kappa shape index (κ3) is 3.64. The van der Waals surface area contributed by atoms with Gasteiger partial charge in [0.2, 0.25) is 5.91 Å². The van der Waals surface area contributed by atoms with E-state index in [1.165, 1.54) is 6.07 Å². The van der Waals surface area contributed by atoms with Gasteiger partial charge in [-0.15, -0.1) is 0 Å². The van der Waals surface area contributed by atoms with Gasteiger partial charge in [-0.3, -0.25) is 9.59 Å². The third-order valence-corrected chi connectivity index (χ3v) is 4.64. The van der Waals surface area contributed by atoms with Gasteiger partial charge in [-0.25, -0.2) is 0 Å². The Labute approximate surface area is 136 Å². The van der Waals surface area contributed by atoms with Crippen LogP contribution in [0.4, 0.5) is 0 Å². The average Bonchev–Trinajstić information content (AvgIpc) is 3.08. The number of para-hydroxylation sites is 1. The number of phenols is 1. The van der Waals surface area contributed by atoms with E-state index in [1.807, 2.05) is 4.90 Å². The lowest BCUT2D eigenvalue weighted by Crippen LogP contribution is -2.51. The lowest BCUT2D eigenvalue weighted by molar-refractivity contribution is -0.133. The number of benzene rings is 1. The van der Waals surface area contributed by atoms with Gasteiger partial charge in [0.05, 0.1) is 5.56 Å². The van der Waals surface area contributed by atoms with Crippen molar-refractivity contribution < 1.29 is 14.7 Å². The molecule has 2 aliphatic rings. The van der Waals surface area contributed by atoms with Gasteiger partial charge in [-0.2, -0.15) is 0 Å². The van der Waals surface area contributed by atoms with Crippen LogP contribution in [0.3, 0.4) is 0 Å². The molecule has 2 heterocycles. The topological polar surface area (TPSA) is 72.9 Å². The summed E-state index contributed by atoms with van der Waals surface area (Å²) in [6, 6.07) is 6.88. The molecule has 6 heteroatoms. The first kappa shape index (κ1) is 15.8. The molecule has 2 amide bonds. The average molecular weight is 317 g/mol. The molecular formula is C17H23N3O3. The quantitative estimate of drug-likeness (QED) is 0.866. The van der Waals surface area contributed by atoms with E-state index >= 15 is 0 Å². The summed E-state index contributed by atoms with van der Waals surface area (Å²) in [6.45, 7) is 3.14. The molecule has 0 saturated carbocycles. The summed E-state index contributed by atoms with van der Waals surface area (Å²) in [7, 11) is 0. The molecule has 1 unspecified atom stereocenters. The van der Waals surface area contributed by atoms with E-state index in [1.54, 1.807) is 23.1 Å². The largest absolute Gasteiger partial charge is 0.507 e. The minimum absolute atomic E-state index is 0.00307. The van der Waals surface area contributed by atoms with Crippen LogP contribution in [0.15, 0.2) is 24.3 Å². The van der Waals surface area contributed by atoms with Crippen molar-refractivity contribution >= 4 is 11.8 Å². The second kappa shape index (κ2) is 7.00. The smallest absolute Gasteiger partial charge is 0.257 e. The fourth-order valence-electron chi connectivity index (χ4n) is 3.25. The molecule has 2 aliphatic heterocycles. The van der Waals surface area contributed by atoms with E-state index in [0.717, 1.165) is 19.4 Å². The van der Waals surface area contributed by atoms with Crippen molar-refractivity contribution in [3.8, 4) is 5.75 Å². The van der Waals surface area contributed by atoms with Gasteiger partial charge in [0.15, 0.2) is 0 Å². The highest BCUT2D eigenvalue weighted by molar-refractivity contribution is 5.97. The second-order valence-corrected chi connectivity index (χ2v) is 6.19. The van der Waals surface area contributed by atoms with Gasteiger partial charge < -0.3 is 20.2 Å². The number of piperazine rings is 1. The van der Waals surface area contributed by atoms with E-state index in [-0.39, 0.29) is 17.6 Å². The molecule has 3 rings (SSSR count). The first-order chi connectivity index (χ1) is 11.1. The molecule has 1 aromatic rings. The van der Waals surface area contributed by atoms with Gasteiger partial charge in [0, 0.05) is 38.6 Å². The molecule has 6 nitrogen and oxygen atoms in total. The second-order valence-electron chi connectivity index (χ2n) is 6.19. The van der Waals surface area contributed by atoms with Crippen LogP contribution < -0.4 is 5.32 Å². The van der Waals surface area contributed by atoms with Crippen LogP contribution in [0.1, 0.15) is 29.6 Å². The fraction of sp³-hybridized carbons (Fsp3) is 0.529. The molecule has 2 saturated heterocycles. The SMILES string of the molecule is O=C(CC1CCCN1)N1CCN(C(=O)c2ccccc2O)CC1. The lowest BCUT2D eigenvalue weighted by atomic mass is 10.1. The maximum Gasteiger partial charge on any atom is 0.257 e. The Kier molecular flexibility index (Phi) is 4.81. The maximum atomic E-state index is 12.4. The van der Waals surface area contributed by atoms with Crippen molar-refractivity contribution in [2.45, 2.75) is 25.3 Å². The number of nitrogens with one attached hydrogen (secondary N) is 1. The number of hydrogen-bond acceptors (Lipinski definition) is 4. The van der Waals surface area contributed by atoms with Crippen molar-refractivity contribution in [3.05, 3.63) is 29.8 Å². The van der Waals surface area contributed by atoms with E-state index in [9.17, 15) is 14.7 Å². The number of carbonyl (C=O) groups is 2. The Morgan fingerprint density at radius 3 is 2.48 bits per heavy atom. The van der Waals surface area contributed by atoms with Crippen LogP contribution in [0.25, 0.3) is 0 Å². The summed E-state index contributed by atoms with van der Waals surface area (Å²) < 4.78 is 0. The van der Waals surface area contributed by atoms with Crippen molar-refractivity contribution in [1.82, 2.24) is 15.1 Å². The van der Waals surface area contributed by atoms with Crippen LogP contribution in [-0.4, -0.2) is 65.5 Å². The van der Waals surface area contributed by atoms with E-state index in [2.05, 4.69) is 5.32 Å². The predicted molar refractivity (Wildman–Crippen MR) is 86.2 cm³/mol. The van der Waals surface area contributed by atoms with Crippen molar-refractivity contribution in [2.24, 2.45) is 0 Å². The van der Waals surface area contributed by atoms with Crippen LogP contribution in [0.2, 0.25) is 0 Å². The highest BCUT2D eigenvalue weighted by Gasteiger charge is 2.27. The number of aromatic hydroxyl groups is 1. The predicted octanol–water partition coefficient (Wildman–Crippen LogP) is 0.819. The van der Waals surface area contributed by atoms with Crippen molar-refractivity contribution in [3.63, 3.8) is 0 Å². The van der Waals surface area contributed by atoms with E-state index in [0.29, 0.717) is 44.2 Å². The summed E-state index contributed by atoms with van der Waals surface area (Å²) in [4.78, 5) is 28.3. The molecule has 0 spiro atoms. The molecule has 2 fully saturated rings. The summed E-state index contributed by atoms with van der Waals surface area (Å²) in [5, 5.41) is 13.1. The summed E-state index contributed by atoms with van der Waals surface area (Å²) in [5.41, 5.74) is 0.322. The van der Waals surface area contributed by atoms with Gasteiger partial charge >= 0.3 is 0 Å². The zero-order valence-electron chi connectivity index (χ0n) is 13.2. The standard InChI is InChI=1S/C17H23N3O3/c21-15-6-2-1-5-14(15)17(23)20-10-8-19(9-11-20)16(22)12-13-4-3-7-18-13/h1-2,5-6,13,18,21H,3-4,7-12H2. The number of phenolic OH excluding ortho intramolecular Hbond substituents is 1. The Morgan fingerprint density at radius 2 is 1.83 bits per heavy atom. The summed E-state index contributed by atoms with van der Waals surface area (Å²) in [6.07, 6.45) is 2.76. The molecule has 0 bridgehead atoms. The molecule has 2 N–H and O–H groups in total. The first-order valence-electron chi connectivity index (χ1n) is 8.23. The van der Waals surface area contributed by atoms with Crippen LogP contribution in [0, 0.1) is 0 Å². The molecule has 1 atom stereocenters. The molecule has 0 radical (unpaired) electrons. The summed E-state index contributed by atoms with van der Waals surface area (Å²) >= 11 is 0. The Morgan fingerprint density at radius 1 is 1.13 bits per heavy atom. The van der Waals surface area contributed by atoms with Crippen LogP contribution in [-0.2, 0) is 4.79 Å². The number of amides is 2. The Balaban J connectivity index is 1.52. The number of nitrogens with zero attached hydrogens (tertiary/aromatic N) is 2. The number of hydrogen-bond donors (Lipinski definition) is 2. The van der Waals surface area contributed by atoms with Gasteiger partial charge in [-0.1, -0.05) is 12.1 Å². The number of carbonyl (C=O) groups excluding carboxylic acids is 2. The van der Waals surface area contributed by atoms with E-state index in [4.69, 9.17) is 0 Å². The third-order valence-electron chi connectivity index (χ3n) is 4.64. The molecule has 1 aromatic carbocycles. The monoisotopic (exact) mass is 317 g/mol. The zero-order valence-corrected chi connectivity index (χ0v) is 13.2. The maximum absolute atomic E-state index is 12.4. The lowest BCUT2D eigenvalue weighted by Gasteiger charge is -2.35. The Hall–Kier alpha value is -2.08. The van der Waals surface area contributed by atoms with E-state index < -0.39 is 0 Å². The zero-order chi connectivity index (χ0) is 16.2. The Bertz CT molecular complexity index is 576. The fourth-order valence-corrected chi connectivity index (χ4v) is 3.25. The molecule has 0 aromatic heterocycles. The van der Waals surface area contributed by atoms with Gasteiger partial charge in [0.1, 0.15) is 5.75 Å². The molecule has 124 valence electrons. The van der Waals surface area contributed by atoms with Gasteiger partial charge in [-0.05, 0) is 31.5 Å². The van der Waals surface area contributed by atoms with Crippen molar-refractivity contribution in [1.29, 1.82) is 0 Å². The molecular weight excluding hydrogens is 294 g/mol. The number of rotatable bonds is 3. The minimum Gasteiger partial charge on any atom is -0.507 e. The van der Waals surface area contributed by atoms with Gasteiger partial charge in [0.25, 0.3) is 5.91 Å². The highest BCUT2D eigenvalue weighted by Crippen LogP contribution is 2.19. The molecule has 0 aliphatic carbocycles. The minimum atomic E-state index is -0.173. The highest BCUT2D eigenvalue weighted by atomic mass is 16.3. The van der Waals surface area contributed by atoms with Crippen LogP contribution in [0.5, 0.6) is 5.75 Å². The normalized spacial score (nSPS) is 21.5. The first-order valence-corrected chi connectivity index (χ1v) is 8.23. The van der Waals surface area contributed by atoms with Crippen LogP contribution >= 0.6 is 0 Å². The molecule has 23 heavy (non-hydrogen) atoms. The van der Waals surface area contributed by atoms with Crippen molar-refractivity contribution in [2.75, 3.05) is 32.7 Å². The summed E-state index contributed by atoms with van der Waals surface area (Å²) in [5.74, 6) is -0.00460.